The van der Waals surface area contributed by atoms with Crippen LogP contribution in [0, 0.1) is 13.8 Å². The van der Waals surface area contributed by atoms with Gasteiger partial charge in [0.2, 0.25) is 0 Å². The van der Waals surface area contributed by atoms with Crippen LogP contribution in [0.5, 0.6) is 0 Å². The third-order valence-corrected chi connectivity index (χ3v) is 4.04. The van der Waals surface area contributed by atoms with Gasteiger partial charge in [0.25, 0.3) is 5.22 Å². The number of hydrogen-bond donors (Lipinski definition) is 1. The summed E-state index contributed by atoms with van der Waals surface area (Å²) in [7, 11) is 0. The molecule has 3 nitrogen and oxygen atoms in total. The van der Waals surface area contributed by atoms with Crippen molar-refractivity contribution in [3.63, 3.8) is 0 Å². The highest BCUT2D eigenvalue weighted by Gasteiger charge is 2.08. The second-order valence-corrected chi connectivity index (χ2v) is 5.52. The lowest BCUT2D eigenvalue weighted by Crippen LogP contribution is -1.72. The van der Waals surface area contributed by atoms with E-state index in [-0.39, 0.29) is 6.61 Å². The molecule has 5 heteroatoms. The summed E-state index contributed by atoms with van der Waals surface area (Å²) in [5.74, 6) is 0.858. The van der Waals surface area contributed by atoms with Crippen LogP contribution in [0.3, 0.4) is 0 Å². The van der Waals surface area contributed by atoms with E-state index in [4.69, 9.17) is 9.52 Å². The molecule has 0 bridgehead atoms. The highest BCUT2D eigenvalue weighted by Crippen LogP contribution is 2.33. The molecular formula is C10H11NO2S2. The topological polar surface area (TPSA) is 46.3 Å². The molecule has 0 aromatic carbocycles. The van der Waals surface area contributed by atoms with Crippen molar-refractivity contribution in [3.05, 3.63) is 28.5 Å². The standard InChI is InChI=1S/C10H11NO2S2/c1-6-7(2)13-10(11-6)15-9-4-3-8(5-12)14-9/h3-4,12H,5H2,1-2H3. The summed E-state index contributed by atoms with van der Waals surface area (Å²) in [4.78, 5) is 5.24. The molecule has 0 unspecified atom stereocenters. The summed E-state index contributed by atoms with van der Waals surface area (Å²) in [5, 5.41) is 9.59. The summed E-state index contributed by atoms with van der Waals surface area (Å²) >= 11 is 3.04. The van der Waals surface area contributed by atoms with Crippen molar-refractivity contribution >= 4 is 23.1 Å². The normalized spacial score (nSPS) is 10.9. The lowest BCUT2D eigenvalue weighted by Gasteiger charge is -1.89. The van der Waals surface area contributed by atoms with E-state index in [0.29, 0.717) is 5.22 Å². The summed E-state index contributed by atoms with van der Waals surface area (Å²) in [5.41, 5.74) is 0.927. The molecule has 0 aliphatic rings. The van der Waals surface area contributed by atoms with Crippen LogP contribution < -0.4 is 0 Å². The highest BCUT2D eigenvalue weighted by atomic mass is 32.2. The number of aliphatic hydroxyl groups excluding tert-OH is 1. The summed E-state index contributed by atoms with van der Waals surface area (Å²) < 4.78 is 6.54. The fourth-order valence-electron chi connectivity index (χ4n) is 1.07. The third kappa shape index (κ3) is 2.42. The molecule has 2 heterocycles. The van der Waals surface area contributed by atoms with Gasteiger partial charge in [0.1, 0.15) is 5.76 Å². The van der Waals surface area contributed by atoms with Gasteiger partial charge in [0.15, 0.2) is 0 Å². The molecule has 0 atom stereocenters. The van der Waals surface area contributed by atoms with Crippen molar-refractivity contribution in [2.24, 2.45) is 0 Å². The van der Waals surface area contributed by atoms with Gasteiger partial charge < -0.3 is 9.52 Å². The molecule has 2 aromatic heterocycles. The van der Waals surface area contributed by atoms with Crippen LogP contribution in [0.25, 0.3) is 0 Å². The van der Waals surface area contributed by atoms with Gasteiger partial charge in [-0.2, -0.15) is 0 Å². The Morgan fingerprint density at radius 2 is 2.27 bits per heavy atom. The average molecular weight is 241 g/mol. The second kappa shape index (κ2) is 4.38. The molecule has 0 amide bonds. The zero-order chi connectivity index (χ0) is 10.8. The van der Waals surface area contributed by atoms with E-state index in [0.717, 1.165) is 20.5 Å². The Morgan fingerprint density at radius 3 is 2.80 bits per heavy atom. The zero-order valence-electron chi connectivity index (χ0n) is 8.48. The van der Waals surface area contributed by atoms with Crippen molar-refractivity contribution in [2.45, 2.75) is 29.9 Å². The molecule has 0 fully saturated rings. The lowest BCUT2D eigenvalue weighted by molar-refractivity contribution is 0.285. The number of thiophene rings is 1. The van der Waals surface area contributed by atoms with Crippen LogP contribution in [0.15, 0.2) is 26.0 Å². The minimum atomic E-state index is 0.0921. The summed E-state index contributed by atoms with van der Waals surface area (Å²) in [6.45, 7) is 3.92. The van der Waals surface area contributed by atoms with Gasteiger partial charge in [-0.1, -0.05) is 0 Å². The Bertz CT molecular complexity index is 442. The van der Waals surface area contributed by atoms with Crippen LogP contribution in [-0.2, 0) is 6.61 Å². The maximum absolute atomic E-state index is 8.93. The summed E-state index contributed by atoms with van der Waals surface area (Å²) in [6.07, 6.45) is 0. The fraction of sp³-hybridized carbons (Fsp3) is 0.300. The van der Waals surface area contributed by atoms with Crippen LogP contribution in [0.2, 0.25) is 0 Å². The fourth-order valence-corrected chi connectivity index (χ4v) is 3.03. The van der Waals surface area contributed by atoms with E-state index in [1.807, 2.05) is 26.0 Å². The molecule has 0 radical (unpaired) electrons. The van der Waals surface area contributed by atoms with Crippen LogP contribution >= 0.6 is 23.1 Å². The predicted molar refractivity (Wildman–Crippen MR) is 60.3 cm³/mol. The molecular weight excluding hydrogens is 230 g/mol. The van der Waals surface area contributed by atoms with Crippen molar-refractivity contribution in [1.29, 1.82) is 0 Å². The van der Waals surface area contributed by atoms with E-state index in [1.165, 1.54) is 11.8 Å². The third-order valence-electron chi connectivity index (χ3n) is 1.99. The molecule has 0 saturated carbocycles. The van der Waals surface area contributed by atoms with E-state index in [1.54, 1.807) is 11.3 Å². The number of oxazole rings is 1. The second-order valence-electron chi connectivity index (χ2n) is 3.10. The van der Waals surface area contributed by atoms with Crippen molar-refractivity contribution in [3.8, 4) is 0 Å². The van der Waals surface area contributed by atoms with Crippen molar-refractivity contribution in [1.82, 2.24) is 4.98 Å². The summed E-state index contributed by atoms with van der Waals surface area (Å²) in [6, 6.07) is 3.88. The number of rotatable bonds is 3. The molecule has 0 spiro atoms. The van der Waals surface area contributed by atoms with Gasteiger partial charge in [0.05, 0.1) is 16.5 Å². The van der Waals surface area contributed by atoms with Crippen LogP contribution in [0.1, 0.15) is 16.3 Å². The van der Waals surface area contributed by atoms with Gasteiger partial charge in [0, 0.05) is 4.88 Å². The Kier molecular flexibility index (Phi) is 3.14. The zero-order valence-corrected chi connectivity index (χ0v) is 10.1. The molecule has 80 valence electrons. The molecule has 0 saturated heterocycles. The predicted octanol–water partition coefficient (Wildman–Crippen LogP) is 3.00. The molecule has 2 aromatic rings. The number of aryl methyl sites for hydroxylation is 2. The monoisotopic (exact) mass is 241 g/mol. The van der Waals surface area contributed by atoms with Crippen LogP contribution in [-0.4, -0.2) is 10.1 Å². The number of hydrogen-bond acceptors (Lipinski definition) is 5. The Morgan fingerprint density at radius 1 is 1.47 bits per heavy atom. The van der Waals surface area contributed by atoms with Crippen molar-refractivity contribution in [2.75, 3.05) is 0 Å². The van der Waals surface area contributed by atoms with E-state index in [2.05, 4.69) is 4.98 Å². The quantitative estimate of drug-likeness (QED) is 0.897. The van der Waals surface area contributed by atoms with Gasteiger partial charge in [-0.25, -0.2) is 4.98 Å². The van der Waals surface area contributed by atoms with Gasteiger partial charge in [-0.05, 0) is 37.7 Å². The first-order chi connectivity index (χ1) is 7.19. The molecule has 15 heavy (non-hydrogen) atoms. The maximum Gasteiger partial charge on any atom is 0.261 e. The molecule has 1 N–H and O–H groups in total. The average Bonchev–Trinajstić information content (AvgIpc) is 2.76. The van der Waals surface area contributed by atoms with E-state index < -0.39 is 0 Å². The van der Waals surface area contributed by atoms with Crippen molar-refractivity contribution < 1.29 is 9.52 Å². The maximum atomic E-state index is 8.93. The minimum absolute atomic E-state index is 0.0921. The largest absolute Gasteiger partial charge is 0.436 e. The van der Waals surface area contributed by atoms with E-state index >= 15 is 0 Å². The Balaban J connectivity index is 2.14. The number of aromatic nitrogens is 1. The van der Waals surface area contributed by atoms with Crippen LogP contribution in [0.4, 0.5) is 0 Å². The minimum Gasteiger partial charge on any atom is -0.436 e. The SMILES string of the molecule is Cc1nc(Sc2ccc(CO)s2)oc1C. The molecule has 0 aliphatic carbocycles. The molecule has 0 aliphatic heterocycles. The highest BCUT2D eigenvalue weighted by molar-refractivity contribution is 8.00. The number of nitrogens with zero attached hydrogens (tertiary/aromatic N) is 1. The smallest absolute Gasteiger partial charge is 0.261 e. The lowest BCUT2D eigenvalue weighted by atomic mass is 10.4. The number of aliphatic hydroxyl groups is 1. The first kappa shape index (κ1) is 10.7. The van der Waals surface area contributed by atoms with Gasteiger partial charge in [-0.15, -0.1) is 11.3 Å². The first-order valence-corrected chi connectivity index (χ1v) is 6.14. The Hall–Kier alpha value is -0.780. The molecule has 2 rings (SSSR count). The Labute approximate surface area is 96.2 Å². The van der Waals surface area contributed by atoms with E-state index in [9.17, 15) is 0 Å². The van der Waals surface area contributed by atoms with Gasteiger partial charge >= 0.3 is 0 Å². The first-order valence-electron chi connectivity index (χ1n) is 4.50. The van der Waals surface area contributed by atoms with Gasteiger partial charge in [-0.3, -0.25) is 0 Å².